The number of halogens is 1. The Morgan fingerprint density at radius 2 is 1.78 bits per heavy atom. The number of carbonyl (C=O) groups excluding carboxylic acids is 1. The Morgan fingerprint density at radius 1 is 1.06 bits per heavy atom. The number of nitrogens with zero attached hydrogens (tertiary/aromatic N) is 6. The molecule has 10 heteroatoms. The third-order valence-corrected chi connectivity index (χ3v) is 6.92. The lowest BCUT2D eigenvalue weighted by Gasteiger charge is -2.40. The van der Waals surface area contributed by atoms with Crippen LogP contribution in [0.3, 0.4) is 0 Å². The molecule has 0 N–H and O–H groups in total. The van der Waals surface area contributed by atoms with Crippen LogP contribution < -0.4 is 9.64 Å². The fourth-order valence-electron chi connectivity index (χ4n) is 5.08. The minimum Gasteiger partial charge on any atom is -0.460 e. The third-order valence-electron chi connectivity index (χ3n) is 6.92. The topological polar surface area (TPSA) is 93.6 Å². The van der Waals surface area contributed by atoms with Crippen molar-refractivity contribution in [2.45, 2.75) is 45.6 Å². The van der Waals surface area contributed by atoms with Gasteiger partial charge in [-0.25, -0.2) is 19.2 Å². The molecule has 190 valence electrons. The standard InChI is InChI=1S/C26H31FN6O3/c1-25(2,3)36-24(34)33-13-8-26(16-33)6-11-32(12-7-26)23-21-19(14-29-15-20(21)35-17-27)30-22(31-23)18-4-9-28-10-5-18/h4-5,9-10,14-15H,6-8,11-13,16-17H2,1-3H3. The van der Waals surface area contributed by atoms with Crippen LogP contribution in [0.25, 0.3) is 22.3 Å². The first-order valence-corrected chi connectivity index (χ1v) is 12.2. The van der Waals surface area contributed by atoms with E-state index in [9.17, 15) is 9.18 Å². The lowest BCUT2D eigenvalue weighted by Crippen LogP contribution is -2.43. The van der Waals surface area contributed by atoms with E-state index in [1.807, 2.05) is 37.8 Å². The van der Waals surface area contributed by atoms with E-state index in [1.165, 1.54) is 6.20 Å². The molecule has 2 fully saturated rings. The quantitative estimate of drug-likeness (QED) is 0.519. The zero-order valence-corrected chi connectivity index (χ0v) is 20.9. The van der Waals surface area contributed by atoms with Gasteiger partial charge in [0, 0.05) is 44.1 Å². The van der Waals surface area contributed by atoms with Crippen molar-refractivity contribution in [2.24, 2.45) is 5.41 Å². The summed E-state index contributed by atoms with van der Waals surface area (Å²) in [5.41, 5.74) is 0.979. The highest BCUT2D eigenvalue weighted by Crippen LogP contribution is 2.43. The predicted molar refractivity (Wildman–Crippen MR) is 133 cm³/mol. The number of hydrogen-bond acceptors (Lipinski definition) is 8. The van der Waals surface area contributed by atoms with Gasteiger partial charge in [-0.05, 0) is 57.6 Å². The molecule has 1 amide bonds. The van der Waals surface area contributed by atoms with E-state index in [1.54, 1.807) is 18.6 Å². The van der Waals surface area contributed by atoms with Gasteiger partial charge in [-0.3, -0.25) is 9.97 Å². The second-order valence-corrected chi connectivity index (χ2v) is 10.5. The second kappa shape index (κ2) is 9.48. The van der Waals surface area contributed by atoms with Gasteiger partial charge in [0.05, 0.1) is 23.3 Å². The fourth-order valence-corrected chi connectivity index (χ4v) is 5.08. The lowest BCUT2D eigenvalue weighted by molar-refractivity contribution is 0.0266. The number of hydrogen-bond donors (Lipinski definition) is 0. The van der Waals surface area contributed by atoms with E-state index < -0.39 is 12.5 Å². The van der Waals surface area contributed by atoms with Crippen LogP contribution in [0.2, 0.25) is 0 Å². The molecule has 0 bridgehead atoms. The number of fused-ring (bicyclic) bond motifs is 1. The molecular formula is C26H31FN6O3. The summed E-state index contributed by atoms with van der Waals surface area (Å²) in [6.45, 7) is 7.60. The maximum atomic E-state index is 13.2. The van der Waals surface area contributed by atoms with Crippen molar-refractivity contribution in [1.82, 2.24) is 24.8 Å². The average Bonchev–Trinajstić information content (AvgIpc) is 3.27. The van der Waals surface area contributed by atoms with Crippen LogP contribution in [-0.4, -0.2) is 69.6 Å². The number of likely N-dealkylation sites (tertiary alicyclic amines) is 1. The summed E-state index contributed by atoms with van der Waals surface area (Å²) in [4.78, 5) is 34.5. The summed E-state index contributed by atoms with van der Waals surface area (Å²) >= 11 is 0. The number of anilines is 1. The fraction of sp³-hybridized carbons (Fsp3) is 0.500. The van der Waals surface area contributed by atoms with Gasteiger partial charge >= 0.3 is 6.09 Å². The third kappa shape index (κ3) is 4.89. The highest BCUT2D eigenvalue weighted by molar-refractivity contribution is 5.95. The highest BCUT2D eigenvalue weighted by atomic mass is 19.1. The molecule has 0 atom stereocenters. The molecule has 2 aliphatic heterocycles. The minimum atomic E-state index is -0.962. The van der Waals surface area contributed by atoms with E-state index in [0.717, 1.165) is 37.9 Å². The van der Waals surface area contributed by atoms with Crippen LogP contribution in [0.1, 0.15) is 40.0 Å². The van der Waals surface area contributed by atoms with Gasteiger partial charge in [-0.2, -0.15) is 0 Å². The normalized spacial score (nSPS) is 17.6. The molecule has 1 spiro atoms. The summed E-state index contributed by atoms with van der Waals surface area (Å²) in [5, 5.41) is 0.651. The Bertz CT molecular complexity index is 1240. The van der Waals surface area contributed by atoms with E-state index in [0.29, 0.717) is 41.4 Å². The number of carbonyl (C=O) groups is 1. The first-order valence-electron chi connectivity index (χ1n) is 12.2. The zero-order valence-electron chi connectivity index (χ0n) is 20.9. The maximum absolute atomic E-state index is 13.2. The first-order chi connectivity index (χ1) is 17.3. The van der Waals surface area contributed by atoms with Crippen LogP contribution in [0.15, 0.2) is 36.9 Å². The number of ether oxygens (including phenoxy) is 2. The molecule has 0 saturated carbocycles. The molecule has 2 aliphatic rings. The SMILES string of the molecule is CC(C)(C)OC(=O)N1CCC2(CCN(c3nc(-c4ccncc4)nc4cncc(OCF)c34)CC2)C1. The predicted octanol–water partition coefficient (Wildman–Crippen LogP) is 4.62. The molecule has 5 heterocycles. The van der Waals surface area contributed by atoms with Gasteiger partial charge in [0.15, 0.2) is 11.6 Å². The van der Waals surface area contributed by atoms with Crippen LogP contribution >= 0.6 is 0 Å². The monoisotopic (exact) mass is 494 g/mol. The van der Waals surface area contributed by atoms with Crippen molar-refractivity contribution >= 4 is 22.8 Å². The molecule has 3 aromatic heterocycles. The first kappa shape index (κ1) is 24.1. The Kier molecular flexibility index (Phi) is 6.36. The molecule has 0 aromatic carbocycles. The summed E-state index contributed by atoms with van der Waals surface area (Å²) in [6, 6.07) is 3.71. The smallest absolute Gasteiger partial charge is 0.410 e. The number of alkyl halides is 1. The minimum absolute atomic E-state index is 0.0595. The molecule has 9 nitrogen and oxygen atoms in total. The number of piperidine rings is 1. The molecular weight excluding hydrogens is 463 g/mol. The van der Waals surface area contributed by atoms with Crippen molar-refractivity contribution in [2.75, 3.05) is 37.9 Å². The van der Waals surface area contributed by atoms with Gasteiger partial charge in [0.1, 0.15) is 11.4 Å². The van der Waals surface area contributed by atoms with Crippen LogP contribution in [0, 0.1) is 5.41 Å². The lowest BCUT2D eigenvalue weighted by atomic mass is 9.78. The number of aromatic nitrogens is 4. The number of rotatable bonds is 4. The maximum Gasteiger partial charge on any atom is 0.410 e. The van der Waals surface area contributed by atoms with Gasteiger partial charge in [-0.15, -0.1) is 0 Å². The van der Waals surface area contributed by atoms with Crippen LogP contribution in [-0.2, 0) is 4.74 Å². The molecule has 0 radical (unpaired) electrons. The van der Waals surface area contributed by atoms with Gasteiger partial charge in [-0.1, -0.05) is 0 Å². The highest BCUT2D eigenvalue weighted by Gasteiger charge is 2.43. The van der Waals surface area contributed by atoms with Gasteiger partial charge in [0.2, 0.25) is 6.86 Å². The summed E-state index contributed by atoms with van der Waals surface area (Å²) in [6.07, 6.45) is 9.08. The van der Waals surface area contributed by atoms with Crippen molar-refractivity contribution in [3.05, 3.63) is 36.9 Å². The molecule has 0 aliphatic carbocycles. The van der Waals surface area contributed by atoms with Gasteiger partial charge in [0.25, 0.3) is 0 Å². The van der Waals surface area contributed by atoms with Crippen molar-refractivity contribution in [1.29, 1.82) is 0 Å². The summed E-state index contributed by atoms with van der Waals surface area (Å²) < 4.78 is 24.0. The molecule has 3 aromatic rings. The van der Waals surface area contributed by atoms with Gasteiger partial charge < -0.3 is 19.3 Å². The Labute approximate surface area is 209 Å². The van der Waals surface area contributed by atoms with Crippen molar-refractivity contribution < 1.29 is 18.7 Å². The van der Waals surface area contributed by atoms with E-state index in [-0.39, 0.29) is 11.5 Å². The Balaban J connectivity index is 1.42. The Hall–Kier alpha value is -3.56. The molecule has 5 rings (SSSR count). The number of pyridine rings is 2. The summed E-state index contributed by atoms with van der Waals surface area (Å²) in [7, 11) is 0. The largest absolute Gasteiger partial charge is 0.460 e. The molecule has 0 unspecified atom stereocenters. The van der Waals surface area contributed by atoms with E-state index in [4.69, 9.17) is 14.5 Å². The number of amides is 1. The average molecular weight is 495 g/mol. The Morgan fingerprint density at radius 3 is 2.47 bits per heavy atom. The second-order valence-electron chi connectivity index (χ2n) is 10.5. The van der Waals surface area contributed by atoms with Crippen molar-refractivity contribution in [3.63, 3.8) is 0 Å². The molecule has 2 saturated heterocycles. The van der Waals surface area contributed by atoms with E-state index in [2.05, 4.69) is 19.9 Å². The summed E-state index contributed by atoms with van der Waals surface area (Å²) in [5.74, 6) is 1.58. The van der Waals surface area contributed by atoms with Crippen LogP contribution in [0.4, 0.5) is 15.0 Å². The van der Waals surface area contributed by atoms with Crippen molar-refractivity contribution in [3.8, 4) is 17.1 Å². The van der Waals surface area contributed by atoms with E-state index >= 15 is 0 Å². The van der Waals surface area contributed by atoms with Crippen LogP contribution in [0.5, 0.6) is 5.75 Å². The zero-order chi connectivity index (χ0) is 25.3. The molecule has 36 heavy (non-hydrogen) atoms.